The zero-order valence-corrected chi connectivity index (χ0v) is 41.7. The van der Waals surface area contributed by atoms with Crippen LogP contribution in [-0.2, 0) is 34.8 Å². The van der Waals surface area contributed by atoms with Crippen LogP contribution in [0.1, 0.15) is 81.1 Å². The van der Waals surface area contributed by atoms with Crippen LogP contribution >= 0.6 is 46.4 Å². The van der Waals surface area contributed by atoms with E-state index >= 15 is 0 Å². The molecule has 0 radical (unpaired) electrons. The Kier molecular flexibility index (Phi) is 14.3. The van der Waals surface area contributed by atoms with E-state index in [-0.39, 0.29) is 113 Å². The van der Waals surface area contributed by atoms with Gasteiger partial charge in [-0.2, -0.15) is 0 Å². The van der Waals surface area contributed by atoms with Gasteiger partial charge in [0, 0.05) is 70.5 Å². The second-order valence-electron chi connectivity index (χ2n) is 17.2. The molecular formula is C46H46Cl4F4N6O7S2. The number of carbonyl (C=O) groups is 1. The predicted molar refractivity (Wildman–Crippen MR) is 258 cm³/mol. The Hall–Kier alpha value is -4.37. The number of piperidine rings is 2. The van der Waals surface area contributed by atoms with E-state index in [4.69, 9.17) is 61.1 Å². The minimum absolute atomic E-state index is 0.0188. The first-order valence-electron chi connectivity index (χ1n) is 22.0. The lowest BCUT2D eigenvalue weighted by Crippen LogP contribution is -2.39. The second-order valence-corrected chi connectivity index (χ2v) is 23.3. The standard InChI is InChI=1S/C46H46Cl4F4N6O7S2/c1-3-68(63,64)28-9-5-26(6-10-28)30(42-55-33-24-31(47)40(36(49)38(33)57-42)59-18-13-44(51,52)14-19-59)23-35(62)67-46(17-22-61,27-7-11-29(12-8-27)69(65,66)4-2)43-56-34-25-32(48)41(37(50)39(34)58-43)60-20-15-45(53,54)16-21-60/h5-12,24-25,30,61H,3-4,13-23H2,1-2H3,(H,55,57)(H,56,58). The van der Waals surface area contributed by atoms with E-state index in [0.29, 0.717) is 16.8 Å². The molecule has 0 spiro atoms. The number of aromatic amines is 2. The Morgan fingerprint density at radius 2 is 1.19 bits per heavy atom. The molecule has 3 N–H and O–H groups in total. The molecule has 0 aliphatic carbocycles. The zero-order chi connectivity index (χ0) is 49.8. The van der Waals surface area contributed by atoms with Crippen molar-refractivity contribution < 1.29 is 49.0 Å². The van der Waals surface area contributed by atoms with Crippen molar-refractivity contribution in [2.45, 2.75) is 85.5 Å². The van der Waals surface area contributed by atoms with Crippen LogP contribution in [0.25, 0.3) is 22.1 Å². The Labute approximate surface area is 415 Å². The van der Waals surface area contributed by atoms with Gasteiger partial charge in [0.25, 0.3) is 11.8 Å². The van der Waals surface area contributed by atoms with Gasteiger partial charge in [0.05, 0.1) is 76.1 Å². The highest BCUT2D eigenvalue weighted by Gasteiger charge is 2.44. The zero-order valence-electron chi connectivity index (χ0n) is 37.1. The summed E-state index contributed by atoms with van der Waals surface area (Å²) in [4.78, 5) is 34.1. The number of nitrogens with one attached hydrogen (secondary N) is 2. The van der Waals surface area contributed by atoms with E-state index in [2.05, 4.69) is 9.97 Å². The third-order valence-corrected chi connectivity index (χ3v) is 17.6. The van der Waals surface area contributed by atoms with E-state index in [1.807, 2.05) is 0 Å². The number of carbonyl (C=O) groups excluding carboxylic acids is 1. The van der Waals surface area contributed by atoms with E-state index in [0.717, 1.165) is 0 Å². The van der Waals surface area contributed by atoms with E-state index < -0.39 is 87.7 Å². The number of anilines is 2. The lowest BCUT2D eigenvalue weighted by atomic mass is 9.89. The molecule has 6 aromatic rings. The van der Waals surface area contributed by atoms with Crippen molar-refractivity contribution in [3.63, 3.8) is 0 Å². The molecule has 0 amide bonds. The quantitative estimate of drug-likeness (QED) is 0.0658. The lowest BCUT2D eigenvalue weighted by molar-refractivity contribution is -0.159. The molecule has 0 bridgehead atoms. The number of sulfone groups is 2. The van der Waals surface area contributed by atoms with Crippen molar-refractivity contribution in [1.29, 1.82) is 0 Å². The number of alkyl halides is 4. The number of aliphatic hydroxyl groups excluding tert-OH is 1. The fraction of sp³-hybridized carbons (Fsp3) is 0.413. The van der Waals surface area contributed by atoms with Crippen molar-refractivity contribution in [3.05, 3.63) is 104 Å². The highest BCUT2D eigenvalue weighted by molar-refractivity contribution is 7.91. The number of nitrogens with zero attached hydrogens (tertiary/aromatic N) is 4. The molecular weight excluding hydrogens is 1030 g/mol. The van der Waals surface area contributed by atoms with Crippen LogP contribution in [-0.4, -0.2) is 104 Å². The molecule has 2 fully saturated rings. The van der Waals surface area contributed by atoms with Gasteiger partial charge in [-0.15, -0.1) is 0 Å². The first kappa shape index (κ1) is 51.0. The van der Waals surface area contributed by atoms with Gasteiger partial charge in [0.2, 0.25) is 0 Å². The van der Waals surface area contributed by atoms with Gasteiger partial charge in [-0.25, -0.2) is 44.4 Å². The highest BCUT2D eigenvalue weighted by Crippen LogP contribution is 2.46. The van der Waals surface area contributed by atoms with Crippen molar-refractivity contribution >= 4 is 105 Å². The number of H-pyrrole nitrogens is 2. The number of ether oxygens (including phenoxy) is 1. The Balaban J connectivity index is 1.23. The van der Waals surface area contributed by atoms with Gasteiger partial charge >= 0.3 is 5.97 Å². The molecule has 370 valence electrons. The molecule has 4 aromatic carbocycles. The smallest absolute Gasteiger partial charge is 0.308 e. The fourth-order valence-corrected chi connectivity index (χ4v) is 12.1. The Morgan fingerprint density at radius 1 is 0.739 bits per heavy atom. The summed E-state index contributed by atoms with van der Waals surface area (Å²) in [5, 5.41) is 11.1. The number of aromatic nitrogens is 4. The van der Waals surface area contributed by atoms with E-state index in [9.17, 15) is 44.3 Å². The number of aliphatic hydroxyl groups is 1. The summed E-state index contributed by atoms with van der Waals surface area (Å²) in [6.07, 6.45) is -2.50. The normalized spacial score (nSPS) is 17.8. The number of imidazole rings is 2. The summed E-state index contributed by atoms with van der Waals surface area (Å²) < 4.78 is 115. The topological polar surface area (TPSA) is 179 Å². The highest BCUT2D eigenvalue weighted by atomic mass is 35.5. The van der Waals surface area contributed by atoms with Crippen LogP contribution in [0.5, 0.6) is 0 Å². The number of benzene rings is 4. The van der Waals surface area contributed by atoms with Crippen LogP contribution in [0.2, 0.25) is 20.1 Å². The van der Waals surface area contributed by atoms with Gasteiger partial charge in [0.15, 0.2) is 31.1 Å². The molecule has 2 aromatic heterocycles. The van der Waals surface area contributed by atoms with Crippen LogP contribution in [0.3, 0.4) is 0 Å². The van der Waals surface area contributed by atoms with Crippen LogP contribution < -0.4 is 9.80 Å². The summed E-state index contributed by atoms with van der Waals surface area (Å²) in [7, 11) is -7.34. The first-order chi connectivity index (χ1) is 32.5. The molecule has 23 heteroatoms. The van der Waals surface area contributed by atoms with Crippen molar-refractivity contribution in [1.82, 2.24) is 19.9 Å². The molecule has 69 heavy (non-hydrogen) atoms. The average Bonchev–Trinajstić information content (AvgIpc) is 3.94. The molecule has 4 heterocycles. The Bertz CT molecular complexity index is 3140. The predicted octanol–water partition coefficient (Wildman–Crippen LogP) is 10.5. The number of esters is 1. The maximum absolute atomic E-state index is 14.9. The van der Waals surface area contributed by atoms with Crippen molar-refractivity contribution in [3.8, 4) is 0 Å². The second kappa shape index (κ2) is 19.3. The van der Waals surface area contributed by atoms with Gasteiger partial charge in [0.1, 0.15) is 16.9 Å². The molecule has 2 atom stereocenters. The average molecular weight is 1080 g/mol. The molecule has 8 rings (SSSR count). The van der Waals surface area contributed by atoms with Gasteiger partial charge in [-0.05, 0) is 42.0 Å². The van der Waals surface area contributed by atoms with Crippen LogP contribution in [0, 0.1) is 0 Å². The molecule has 2 saturated heterocycles. The number of halogens is 8. The molecule has 2 aliphatic heterocycles. The third kappa shape index (κ3) is 10.1. The summed E-state index contributed by atoms with van der Waals surface area (Å²) in [6, 6.07) is 14.5. The number of rotatable bonds is 15. The van der Waals surface area contributed by atoms with Gasteiger partial charge in [-0.3, -0.25) is 4.79 Å². The van der Waals surface area contributed by atoms with Crippen molar-refractivity contribution in [2.24, 2.45) is 0 Å². The van der Waals surface area contributed by atoms with E-state index in [1.165, 1.54) is 68.4 Å². The third-order valence-electron chi connectivity index (χ3n) is 12.8. The van der Waals surface area contributed by atoms with Crippen LogP contribution in [0.4, 0.5) is 28.9 Å². The molecule has 2 aliphatic rings. The molecule has 0 saturated carbocycles. The Morgan fingerprint density at radius 3 is 1.65 bits per heavy atom. The van der Waals surface area contributed by atoms with E-state index in [1.54, 1.807) is 15.9 Å². The summed E-state index contributed by atoms with van der Waals surface area (Å²) >= 11 is 27.4. The fourth-order valence-electron chi connectivity index (χ4n) is 8.87. The van der Waals surface area contributed by atoms with Crippen LogP contribution in [0.15, 0.2) is 70.5 Å². The van der Waals surface area contributed by atoms with Crippen molar-refractivity contribution in [2.75, 3.05) is 54.1 Å². The maximum Gasteiger partial charge on any atom is 0.308 e. The first-order valence-corrected chi connectivity index (χ1v) is 26.8. The monoisotopic (exact) mass is 1070 g/mol. The maximum atomic E-state index is 14.9. The molecule has 13 nitrogen and oxygen atoms in total. The largest absolute Gasteiger partial charge is 0.446 e. The number of fused-ring (bicyclic) bond motifs is 2. The lowest BCUT2D eigenvalue weighted by Gasteiger charge is -2.34. The number of hydrogen-bond acceptors (Lipinski definition) is 11. The minimum atomic E-state index is -3.70. The summed E-state index contributed by atoms with van der Waals surface area (Å²) in [6.45, 7) is 2.27. The van der Waals surface area contributed by atoms with Gasteiger partial charge in [-0.1, -0.05) is 84.5 Å². The minimum Gasteiger partial charge on any atom is -0.446 e. The number of hydrogen-bond donors (Lipinski definition) is 3. The molecule has 2 unspecified atom stereocenters. The summed E-state index contributed by atoms with van der Waals surface area (Å²) in [5.41, 5.74) is 0.184. The SMILES string of the molecule is CCS(=O)(=O)c1ccc(C(CC(=O)OC(CCO)(c2ccc(S(=O)(=O)CC)cc2)c2nc3c(Cl)c(N4CCC(F)(F)CC4)c(Cl)cc3[nH]2)c2nc3c(Cl)c(N4CCC(F)(F)CC4)c(Cl)cc3[nH]2)cc1. The van der Waals surface area contributed by atoms with Gasteiger partial charge < -0.3 is 29.6 Å². The summed E-state index contributed by atoms with van der Waals surface area (Å²) in [5.74, 6) is -7.86.